The van der Waals surface area contributed by atoms with Crippen molar-refractivity contribution in [1.82, 2.24) is 19.1 Å². The minimum Gasteiger partial charge on any atom is -0.388 e. The lowest BCUT2D eigenvalue weighted by Gasteiger charge is -2.26. The van der Waals surface area contributed by atoms with Crippen LogP contribution >= 0.6 is 0 Å². The predicted molar refractivity (Wildman–Crippen MR) is 208 cm³/mol. The maximum Gasteiger partial charge on any atom is 0.237 e. The summed E-state index contributed by atoms with van der Waals surface area (Å²) in [5.74, 6) is 3.42. The number of imidazole rings is 2. The molecule has 0 atom stereocenters. The Morgan fingerprint density at radius 1 is 0.804 bits per heavy atom. The van der Waals surface area contributed by atoms with Gasteiger partial charge in [0.05, 0.1) is 40.1 Å². The molecule has 2 aromatic carbocycles. The molecule has 2 aromatic heterocycles. The first kappa shape index (κ1) is 39.0. The zero-order valence-corrected chi connectivity index (χ0v) is 33.1. The fourth-order valence-electron chi connectivity index (χ4n) is 6.97. The van der Waals surface area contributed by atoms with E-state index in [9.17, 15) is 8.42 Å². The van der Waals surface area contributed by atoms with Gasteiger partial charge in [-0.25, -0.2) is 18.4 Å². The molecule has 0 spiro atoms. The maximum absolute atomic E-state index is 12.5. The molecule has 0 radical (unpaired) electrons. The van der Waals surface area contributed by atoms with E-state index in [0.29, 0.717) is 17.5 Å². The summed E-state index contributed by atoms with van der Waals surface area (Å²) >= 11 is 0. The zero-order chi connectivity index (χ0) is 37.0. The Labute approximate surface area is 305 Å². The highest BCUT2D eigenvalue weighted by atomic mass is 32.2. The van der Waals surface area contributed by atoms with Crippen LogP contribution in [-0.4, -0.2) is 87.5 Å². The molecule has 2 saturated heterocycles. The smallest absolute Gasteiger partial charge is 0.237 e. The number of ether oxygens (including phenoxy) is 3. The summed E-state index contributed by atoms with van der Waals surface area (Å²) in [6.45, 7) is 18.8. The van der Waals surface area contributed by atoms with Crippen molar-refractivity contribution in [1.29, 1.82) is 0 Å². The van der Waals surface area contributed by atoms with Gasteiger partial charge in [-0.15, -0.1) is 0 Å². The van der Waals surface area contributed by atoms with Crippen molar-refractivity contribution in [2.75, 3.05) is 69.6 Å². The normalized spacial score (nSPS) is 16.7. The Morgan fingerprint density at radius 3 is 1.73 bits per heavy atom. The summed E-state index contributed by atoms with van der Waals surface area (Å²) in [7, 11) is 1.59. The van der Waals surface area contributed by atoms with Gasteiger partial charge in [0.25, 0.3) is 0 Å². The molecule has 0 unspecified atom stereocenters. The molecule has 2 fully saturated rings. The summed E-state index contributed by atoms with van der Waals surface area (Å²) in [5, 5.41) is 3.20. The molecule has 6 rings (SSSR count). The number of methoxy groups -OCH3 is 1. The van der Waals surface area contributed by atoms with Crippen LogP contribution in [-0.2, 0) is 48.2 Å². The molecule has 11 nitrogen and oxygen atoms in total. The van der Waals surface area contributed by atoms with E-state index >= 15 is 0 Å². The van der Waals surface area contributed by atoms with Crippen molar-refractivity contribution in [3.05, 3.63) is 48.0 Å². The highest BCUT2D eigenvalue weighted by Gasteiger charge is 2.28. The van der Waals surface area contributed by atoms with Gasteiger partial charge >= 0.3 is 0 Å². The molecule has 2 aliphatic heterocycles. The molecule has 1 N–H and O–H groups in total. The molecule has 282 valence electrons. The molecule has 4 aromatic rings. The average Bonchev–Trinajstić information content (AvgIpc) is 3.66. The topological polar surface area (TPSA) is 113 Å². The van der Waals surface area contributed by atoms with E-state index in [0.717, 1.165) is 93.3 Å². The number of anilines is 2. The van der Waals surface area contributed by atoms with Crippen LogP contribution in [0.5, 0.6) is 0 Å². The van der Waals surface area contributed by atoms with Gasteiger partial charge in [0.2, 0.25) is 10.0 Å². The van der Waals surface area contributed by atoms with Gasteiger partial charge in [-0.05, 0) is 73.9 Å². The van der Waals surface area contributed by atoms with Crippen LogP contribution in [0.4, 0.5) is 11.4 Å². The number of nitrogens with zero attached hydrogens (tertiary/aromatic N) is 5. The minimum absolute atomic E-state index is 0.0456. The maximum atomic E-state index is 12.5. The molecule has 0 amide bonds. The number of rotatable bonds is 10. The third-order valence-electron chi connectivity index (χ3n) is 10.00. The Morgan fingerprint density at radius 2 is 1.27 bits per heavy atom. The summed E-state index contributed by atoms with van der Waals surface area (Å²) in [6, 6.07) is 12.2. The lowest BCUT2D eigenvalue weighted by Crippen LogP contribution is -2.30. The number of fused-ring (bicyclic) bond motifs is 2. The first-order valence-corrected chi connectivity index (χ1v) is 20.0. The Kier molecular flexibility index (Phi) is 12.4. The van der Waals surface area contributed by atoms with Gasteiger partial charge in [-0.3, -0.25) is 4.31 Å². The number of hydrogen-bond acceptors (Lipinski definition) is 8. The van der Waals surface area contributed by atoms with Gasteiger partial charge in [0.15, 0.2) is 0 Å². The van der Waals surface area contributed by atoms with Crippen LogP contribution in [0, 0.1) is 11.8 Å². The monoisotopic (exact) mass is 724 g/mol. The second-order valence-corrected chi connectivity index (χ2v) is 18.2. The Bertz CT molecular complexity index is 1860. The van der Waals surface area contributed by atoms with Crippen LogP contribution in [0.3, 0.4) is 0 Å². The molecular weight excluding hydrogens is 665 g/mol. The van der Waals surface area contributed by atoms with Crippen LogP contribution in [0.2, 0.25) is 0 Å². The van der Waals surface area contributed by atoms with Gasteiger partial charge in [0, 0.05) is 77.2 Å². The first-order valence-electron chi connectivity index (χ1n) is 18.4. The van der Waals surface area contributed by atoms with Gasteiger partial charge in [-0.1, -0.05) is 41.5 Å². The van der Waals surface area contributed by atoms with E-state index < -0.39 is 10.0 Å². The summed E-state index contributed by atoms with van der Waals surface area (Å²) < 4.78 is 47.1. The number of nitrogens with one attached hydrogen (secondary N) is 1. The fourth-order valence-corrected chi connectivity index (χ4v) is 8.06. The third-order valence-corrected chi connectivity index (χ3v) is 11.7. The second-order valence-electron chi connectivity index (χ2n) is 16.1. The van der Waals surface area contributed by atoms with E-state index in [-0.39, 0.29) is 23.2 Å². The molecule has 2 aliphatic rings. The summed E-state index contributed by atoms with van der Waals surface area (Å²) in [5.41, 5.74) is 5.87. The lowest BCUT2D eigenvalue weighted by molar-refractivity contribution is 0.0610. The summed E-state index contributed by atoms with van der Waals surface area (Å²) in [4.78, 5) is 9.87. The largest absolute Gasteiger partial charge is 0.388 e. The molecule has 0 bridgehead atoms. The van der Waals surface area contributed by atoms with E-state index in [1.807, 2.05) is 25.2 Å². The molecular formula is C39H60N6O5S. The fraction of sp³-hybridized carbons (Fsp3) is 0.641. The van der Waals surface area contributed by atoms with Crippen molar-refractivity contribution >= 4 is 43.5 Å². The Hall–Kier alpha value is -3.19. The minimum atomic E-state index is -3.44. The quantitative estimate of drug-likeness (QED) is 0.187. The number of sulfonamides is 1. The van der Waals surface area contributed by atoms with Crippen molar-refractivity contribution in [3.63, 3.8) is 0 Å². The first-order chi connectivity index (χ1) is 24.1. The van der Waals surface area contributed by atoms with Crippen molar-refractivity contribution in [3.8, 4) is 0 Å². The van der Waals surface area contributed by atoms with Crippen LogP contribution in [0.25, 0.3) is 22.1 Å². The van der Waals surface area contributed by atoms with Gasteiger partial charge in [0.1, 0.15) is 11.6 Å². The van der Waals surface area contributed by atoms with E-state index in [1.54, 1.807) is 7.05 Å². The lowest BCUT2D eigenvalue weighted by atomic mass is 9.94. The van der Waals surface area contributed by atoms with E-state index in [4.69, 9.17) is 24.2 Å². The van der Waals surface area contributed by atoms with Crippen molar-refractivity contribution < 1.29 is 22.6 Å². The van der Waals surface area contributed by atoms with Gasteiger partial charge in [-0.2, -0.15) is 0 Å². The SMILES string of the molecule is CNc1ccc2c(c1)nc(C(C)(C)C)n2CC1CCOCC1.COCCS(=O)(=O)N(C)c1ccc2c(c1)nc(C(C)(C)C)n2CC1CCOCC1. The summed E-state index contributed by atoms with van der Waals surface area (Å²) in [6.07, 6.45) is 4.42. The van der Waals surface area contributed by atoms with E-state index in [2.05, 4.69) is 74.2 Å². The second kappa shape index (κ2) is 16.2. The number of hydrogen-bond donors (Lipinski definition) is 1. The third kappa shape index (κ3) is 9.43. The van der Waals surface area contributed by atoms with Crippen molar-refractivity contribution in [2.24, 2.45) is 11.8 Å². The van der Waals surface area contributed by atoms with Crippen molar-refractivity contribution in [2.45, 2.75) is 91.1 Å². The zero-order valence-electron chi connectivity index (χ0n) is 32.3. The number of aromatic nitrogens is 4. The van der Waals surface area contributed by atoms with E-state index in [1.165, 1.54) is 22.8 Å². The predicted octanol–water partition coefficient (Wildman–Crippen LogP) is 6.97. The number of benzene rings is 2. The van der Waals surface area contributed by atoms with Crippen LogP contribution in [0.15, 0.2) is 36.4 Å². The molecule has 51 heavy (non-hydrogen) atoms. The molecule has 4 heterocycles. The van der Waals surface area contributed by atoms with Crippen LogP contribution < -0.4 is 9.62 Å². The Balaban J connectivity index is 0.000000205. The average molecular weight is 725 g/mol. The highest BCUT2D eigenvalue weighted by molar-refractivity contribution is 7.92. The molecule has 12 heteroatoms. The van der Waals surface area contributed by atoms with Gasteiger partial charge < -0.3 is 28.7 Å². The molecule has 0 saturated carbocycles. The standard InChI is InChI=1S/C21H33N3O4S.C18H27N3O/c1-21(2,3)20-22-18-14-17(23(4)29(25,26)13-12-27-5)6-7-19(18)24(20)15-16-8-10-28-11-9-16;1-18(2,3)17-20-15-11-14(19-4)5-6-16(15)21(17)12-13-7-9-22-10-8-13/h6-7,14,16H,8-13,15H2,1-5H3;5-6,11,13,19H,7-10,12H2,1-4H3. The molecule has 0 aliphatic carbocycles. The van der Waals surface area contributed by atoms with Crippen LogP contribution in [0.1, 0.15) is 78.9 Å². The highest BCUT2D eigenvalue weighted by Crippen LogP contribution is 2.33.